The van der Waals surface area contributed by atoms with Crippen molar-refractivity contribution in [2.24, 2.45) is 0 Å². The lowest BCUT2D eigenvalue weighted by Gasteiger charge is -2.17. The third-order valence-electron chi connectivity index (χ3n) is 4.10. The molecule has 1 unspecified atom stereocenters. The Morgan fingerprint density at radius 3 is 2.68 bits per heavy atom. The number of urea groups is 1. The zero-order valence-corrected chi connectivity index (χ0v) is 14.3. The molecule has 0 bridgehead atoms. The maximum atomic E-state index is 13.0. The Bertz CT molecular complexity index is 810. The van der Waals surface area contributed by atoms with Gasteiger partial charge < -0.3 is 15.5 Å². The average molecular weight is 362 g/mol. The molecule has 1 fully saturated rings. The SMILES string of the molecule is Cc1ccc(Cl)cc1NC(=O)NC1CCN(c2ccc(F)cc2)C1=O. The summed E-state index contributed by atoms with van der Waals surface area (Å²) in [5.41, 5.74) is 2.07. The number of carbonyl (C=O) groups excluding carboxylic acids is 2. The first kappa shape index (κ1) is 17.2. The van der Waals surface area contributed by atoms with E-state index in [-0.39, 0.29) is 11.7 Å². The number of benzene rings is 2. The summed E-state index contributed by atoms with van der Waals surface area (Å²) in [4.78, 5) is 26.2. The molecule has 3 amide bonds. The van der Waals surface area contributed by atoms with Crippen LogP contribution in [-0.2, 0) is 4.79 Å². The molecular weight excluding hydrogens is 345 g/mol. The van der Waals surface area contributed by atoms with Crippen molar-refractivity contribution in [3.63, 3.8) is 0 Å². The van der Waals surface area contributed by atoms with Gasteiger partial charge in [0, 0.05) is 22.9 Å². The summed E-state index contributed by atoms with van der Waals surface area (Å²) in [6, 6.07) is 9.80. The minimum absolute atomic E-state index is 0.218. The Hall–Kier alpha value is -2.60. The zero-order chi connectivity index (χ0) is 18.0. The highest BCUT2D eigenvalue weighted by atomic mass is 35.5. The molecule has 130 valence electrons. The van der Waals surface area contributed by atoms with Gasteiger partial charge in [0.05, 0.1) is 0 Å². The number of halogens is 2. The van der Waals surface area contributed by atoms with Gasteiger partial charge in [0.15, 0.2) is 0 Å². The van der Waals surface area contributed by atoms with Gasteiger partial charge in [-0.15, -0.1) is 0 Å². The predicted molar refractivity (Wildman–Crippen MR) is 95.5 cm³/mol. The van der Waals surface area contributed by atoms with Crippen LogP contribution in [0.3, 0.4) is 0 Å². The smallest absolute Gasteiger partial charge is 0.319 e. The second-order valence-electron chi connectivity index (χ2n) is 5.87. The molecule has 0 spiro atoms. The van der Waals surface area contributed by atoms with E-state index in [1.54, 1.807) is 30.3 Å². The quantitative estimate of drug-likeness (QED) is 0.875. The number of hydrogen-bond donors (Lipinski definition) is 2. The number of carbonyl (C=O) groups is 2. The maximum absolute atomic E-state index is 13.0. The van der Waals surface area contributed by atoms with Gasteiger partial charge in [0.2, 0.25) is 5.91 Å². The van der Waals surface area contributed by atoms with Crippen LogP contribution in [0.1, 0.15) is 12.0 Å². The highest BCUT2D eigenvalue weighted by Crippen LogP contribution is 2.23. The van der Waals surface area contributed by atoms with Gasteiger partial charge >= 0.3 is 6.03 Å². The summed E-state index contributed by atoms with van der Waals surface area (Å²) in [6.45, 7) is 2.31. The van der Waals surface area contributed by atoms with E-state index in [0.717, 1.165) is 5.56 Å². The van der Waals surface area contributed by atoms with E-state index < -0.39 is 12.1 Å². The standard InChI is InChI=1S/C18H17ClFN3O2/c1-11-2-3-12(19)10-16(11)22-18(25)21-15-8-9-23(17(15)24)14-6-4-13(20)5-7-14/h2-7,10,15H,8-9H2,1H3,(H2,21,22,25). The Balaban J connectivity index is 1.63. The van der Waals surface area contributed by atoms with Crippen LogP contribution in [0.2, 0.25) is 5.02 Å². The summed E-state index contributed by atoms with van der Waals surface area (Å²) >= 11 is 5.93. The second kappa shape index (κ2) is 7.11. The van der Waals surface area contributed by atoms with Gasteiger partial charge in [0.25, 0.3) is 0 Å². The lowest BCUT2D eigenvalue weighted by molar-refractivity contribution is -0.118. The fourth-order valence-corrected chi connectivity index (χ4v) is 2.91. The largest absolute Gasteiger partial charge is 0.326 e. The highest BCUT2D eigenvalue weighted by molar-refractivity contribution is 6.31. The Morgan fingerprint density at radius 1 is 1.24 bits per heavy atom. The first-order valence-corrected chi connectivity index (χ1v) is 8.22. The monoisotopic (exact) mass is 361 g/mol. The zero-order valence-electron chi connectivity index (χ0n) is 13.6. The summed E-state index contributed by atoms with van der Waals surface area (Å²) < 4.78 is 13.0. The van der Waals surface area contributed by atoms with Crippen LogP contribution in [0.25, 0.3) is 0 Å². The van der Waals surface area contributed by atoms with Crippen molar-refractivity contribution in [3.8, 4) is 0 Å². The van der Waals surface area contributed by atoms with Crippen molar-refractivity contribution in [1.82, 2.24) is 5.32 Å². The van der Waals surface area contributed by atoms with Crippen LogP contribution in [0.5, 0.6) is 0 Å². The van der Waals surface area contributed by atoms with E-state index in [1.165, 1.54) is 17.0 Å². The number of nitrogens with zero attached hydrogens (tertiary/aromatic N) is 1. The molecule has 2 N–H and O–H groups in total. The van der Waals surface area contributed by atoms with Gasteiger partial charge in [0.1, 0.15) is 11.9 Å². The van der Waals surface area contributed by atoms with E-state index >= 15 is 0 Å². The predicted octanol–water partition coefficient (Wildman–Crippen LogP) is 3.71. The molecule has 1 atom stereocenters. The van der Waals surface area contributed by atoms with Crippen LogP contribution in [0.4, 0.5) is 20.6 Å². The molecule has 0 aromatic heterocycles. The van der Waals surface area contributed by atoms with Crippen LogP contribution < -0.4 is 15.5 Å². The van der Waals surface area contributed by atoms with E-state index in [9.17, 15) is 14.0 Å². The lowest BCUT2D eigenvalue weighted by Crippen LogP contribution is -2.43. The molecule has 0 saturated carbocycles. The van der Waals surface area contributed by atoms with E-state index in [0.29, 0.717) is 29.4 Å². The summed E-state index contributed by atoms with van der Waals surface area (Å²) in [7, 11) is 0. The van der Waals surface area contributed by atoms with Crippen molar-refractivity contribution in [2.45, 2.75) is 19.4 Å². The first-order valence-electron chi connectivity index (χ1n) is 7.84. The molecule has 1 saturated heterocycles. The molecule has 7 heteroatoms. The average Bonchev–Trinajstić information content (AvgIpc) is 2.92. The van der Waals surface area contributed by atoms with Crippen molar-refractivity contribution >= 4 is 34.9 Å². The van der Waals surface area contributed by atoms with Gasteiger partial charge in [-0.1, -0.05) is 17.7 Å². The molecule has 25 heavy (non-hydrogen) atoms. The molecule has 1 heterocycles. The van der Waals surface area contributed by atoms with Crippen molar-refractivity contribution in [2.75, 3.05) is 16.8 Å². The number of amides is 3. The first-order chi connectivity index (χ1) is 11.9. The highest BCUT2D eigenvalue weighted by Gasteiger charge is 2.33. The normalized spacial score (nSPS) is 16.8. The van der Waals surface area contributed by atoms with Crippen molar-refractivity contribution in [3.05, 3.63) is 58.9 Å². The van der Waals surface area contributed by atoms with E-state index in [1.807, 2.05) is 6.92 Å². The minimum atomic E-state index is -0.621. The molecular formula is C18H17ClFN3O2. The Morgan fingerprint density at radius 2 is 1.96 bits per heavy atom. The molecule has 2 aromatic carbocycles. The maximum Gasteiger partial charge on any atom is 0.319 e. The number of hydrogen-bond acceptors (Lipinski definition) is 2. The van der Waals surface area contributed by atoms with Gasteiger partial charge in [-0.2, -0.15) is 0 Å². The van der Waals surface area contributed by atoms with E-state index in [2.05, 4.69) is 10.6 Å². The van der Waals surface area contributed by atoms with Crippen molar-refractivity contribution in [1.29, 1.82) is 0 Å². The third kappa shape index (κ3) is 3.91. The number of nitrogens with one attached hydrogen (secondary N) is 2. The number of rotatable bonds is 3. The summed E-state index contributed by atoms with van der Waals surface area (Å²) in [5.74, 6) is -0.578. The second-order valence-corrected chi connectivity index (χ2v) is 6.30. The van der Waals surface area contributed by atoms with E-state index in [4.69, 9.17) is 11.6 Å². The summed E-state index contributed by atoms with van der Waals surface area (Å²) in [5, 5.41) is 5.90. The molecule has 5 nitrogen and oxygen atoms in total. The summed E-state index contributed by atoms with van der Waals surface area (Å²) in [6.07, 6.45) is 0.484. The third-order valence-corrected chi connectivity index (χ3v) is 4.33. The fourth-order valence-electron chi connectivity index (χ4n) is 2.74. The van der Waals surface area contributed by atoms with Gasteiger partial charge in [-0.05, 0) is 55.3 Å². The number of anilines is 2. The molecule has 0 aliphatic carbocycles. The van der Waals surface area contributed by atoms with Gasteiger partial charge in [-0.25, -0.2) is 9.18 Å². The molecule has 0 radical (unpaired) electrons. The van der Waals surface area contributed by atoms with Crippen LogP contribution in [0, 0.1) is 12.7 Å². The fraction of sp³-hybridized carbons (Fsp3) is 0.222. The van der Waals surface area contributed by atoms with Crippen LogP contribution >= 0.6 is 11.6 Å². The molecule has 1 aliphatic rings. The molecule has 3 rings (SSSR count). The number of aryl methyl sites for hydroxylation is 1. The Kier molecular flexibility index (Phi) is 4.90. The minimum Gasteiger partial charge on any atom is -0.326 e. The molecule has 2 aromatic rings. The van der Waals surface area contributed by atoms with Crippen LogP contribution in [0.15, 0.2) is 42.5 Å². The topological polar surface area (TPSA) is 61.4 Å². The Labute approximate surface area is 149 Å². The van der Waals surface area contributed by atoms with Crippen molar-refractivity contribution < 1.29 is 14.0 Å². The van der Waals surface area contributed by atoms with Gasteiger partial charge in [-0.3, -0.25) is 4.79 Å². The van der Waals surface area contributed by atoms with Crippen LogP contribution in [-0.4, -0.2) is 24.5 Å². The molecule has 1 aliphatic heterocycles. The lowest BCUT2D eigenvalue weighted by atomic mass is 10.2.